The Balaban J connectivity index is 4.16. The molecule has 0 aliphatic heterocycles. The predicted octanol–water partition coefficient (Wildman–Crippen LogP) is 4.80. The van der Waals surface area contributed by atoms with Crippen molar-refractivity contribution in [2.24, 2.45) is 11.8 Å². The summed E-state index contributed by atoms with van der Waals surface area (Å²) < 4.78 is 31.4. The van der Waals surface area contributed by atoms with Crippen molar-refractivity contribution in [3.63, 3.8) is 0 Å². The lowest BCUT2D eigenvalue weighted by molar-refractivity contribution is -0.162. The molecular weight excluding hydrogens is 479 g/mol. The average Bonchev–Trinajstić information content (AvgIpc) is 2.77. The monoisotopic (exact) mass is 518 g/mol. The third kappa shape index (κ3) is 14.8. The van der Waals surface area contributed by atoms with E-state index in [9.17, 15) is 28.6 Å². The number of carbonyl (C=O) groups excluding carboxylic acids is 4. The summed E-state index contributed by atoms with van der Waals surface area (Å²) in [5.41, 5.74) is 0.283. The van der Waals surface area contributed by atoms with Gasteiger partial charge in [0.05, 0.1) is 25.0 Å². The lowest BCUT2D eigenvalue weighted by atomic mass is 9.99. The third-order valence-electron chi connectivity index (χ3n) is 5.14. The molecule has 0 rings (SSSR count). The van der Waals surface area contributed by atoms with Gasteiger partial charge in [-0.2, -0.15) is 0 Å². The molecule has 0 aliphatic rings. The van der Waals surface area contributed by atoms with E-state index >= 15 is 0 Å². The maximum atomic E-state index is 12.0. The first-order valence-electron chi connectivity index (χ1n) is 11.8. The van der Waals surface area contributed by atoms with Crippen LogP contribution in [0.5, 0.6) is 0 Å². The molecule has 11 heteroatoms. The topological polar surface area (TPSA) is 143 Å². The van der Waals surface area contributed by atoms with Crippen molar-refractivity contribution in [2.45, 2.75) is 79.1 Å². The van der Waals surface area contributed by atoms with Crippen LogP contribution in [0.25, 0.3) is 0 Å². The van der Waals surface area contributed by atoms with E-state index in [2.05, 4.69) is 13.2 Å². The summed E-state index contributed by atoms with van der Waals surface area (Å²) in [6, 6.07) is 0. The van der Waals surface area contributed by atoms with Crippen molar-refractivity contribution in [1.82, 2.24) is 0 Å². The van der Waals surface area contributed by atoms with Gasteiger partial charge in [-0.1, -0.05) is 39.8 Å². The number of unbranched alkanes of at least 4 members (excludes halogenated alkanes) is 2. The highest BCUT2D eigenvalue weighted by molar-refractivity contribution is 7.47. The molecule has 35 heavy (non-hydrogen) atoms. The molecule has 0 amide bonds. The smallest absolute Gasteiger partial charge is 0.389 e. The maximum Gasteiger partial charge on any atom is 0.472 e. The largest absolute Gasteiger partial charge is 0.472 e. The molecule has 1 N–H and O–H groups in total. The van der Waals surface area contributed by atoms with E-state index in [-0.39, 0.29) is 24.4 Å². The van der Waals surface area contributed by atoms with Crippen molar-refractivity contribution in [3.05, 3.63) is 24.3 Å². The second kappa shape index (κ2) is 17.3. The molecule has 0 aromatic carbocycles. The van der Waals surface area contributed by atoms with Crippen LogP contribution in [0.4, 0.5) is 0 Å². The predicted molar refractivity (Wildman–Crippen MR) is 129 cm³/mol. The van der Waals surface area contributed by atoms with Crippen molar-refractivity contribution in [3.8, 4) is 0 Å². The standard InChI is InChI=1S/C24H39O10P/c1-7-19(23(27)33-21(25)17(3)4)13-9-11-15-31-35(29,30)32-16-12-10-14-20(8-2)24(28)34-22(26)18(5)6/h19-20H,3,5,7-16H2,1-2,4,6H3,(H,29,30). The number of phosphoric acid groups is 1. The van der Waals surface area contributed by atoms with Crippen molar-refractivity contribution < 1.29 is 47.2 Å². The van der Waals surface area contributed by atoms with Crippen LogP contribution < -0.4 is 0 Å². The Hall–Kier alpha value is -2.13. The molecule has 0 fully saturated rings. The van der Waals surface area contributed by atoms with E-state index in [1.165, 1.54) is 13.8 Å². The van der Waals surface area contributed by atoms with E-state index in [1.54, 1.807) is 13.8 Å². The van der Waals surface area contributed by atoms with Crippen molar-refractivity contribution in [2.75, 3.05) is 13.2 Å². The summed E-state index contributed by atoms with van der Waals surface area (Å²) >= 11 is 0. The number of phosphoric ester groups is 1. The summed E-state index contributed by atoms with van der Waals surface area (Å²) in [5.74, 6) is -3.65. The summed E-state index contributed by atoms with van der Waals surface area (Å²) in [5, 5.41) is 0. The lowest BCUT2D eigenvalue weighted by Crippen LogP contribution is -2.21. The highest BCUT2D eigenvalue weighted by Gasteiger charge is 2.24. The Morgan fingerprint density at radius 3 is 1.37 bits per heavy atom. The van der Waals surface area contributed by atoms with E-state index in [0.29, 0.717) is 51.4 Å². The van der Waals surface area contributed by atoms with Gasteiger partial charge in [-0.15, -0.1) is 0 Å². The van der Waals surface area contributed by atoms with Gasteiger partial charge in [0.25, 0.3) is 0 Å². The zero-order valence-corrected chi connectivity index (χ0v) is 22.1. The zero-order chi connectivity index (χ0) is 27.0. The van der Waals surface area contributed by atoms with Gasteiger partial charge in [0.2, 0.25) is 0 Å². The molecule has 0 aromatic rings. The molecule has 0 aliphatic carbocycles. The Kier molecular flexibility index (Phi) is 16.3. The van der Waals surface area contributed by atoms with E-state index < -0.39 is 43.5 Å². The first-order chi connectivity index (χ1) is 16.3. The molecule has 200 valence electrons. The quantitative estimate of drug-likeness (QED) is 0.0883. The molecule has 10 nitrogen and oxygen atoms in total. The van der Waals surface area contributed by atoms with Crippen LogP contribution in [0.2, 0.25) is 0 Å². The second-order valence-electron chi connectivity index (χ2n) is 8.31. The molecule has 0 bridgehead atoms. The number of carbonyl (C=O) groups is 4. The summed E-state index contributed by atoms with van der Waals surface area (Å²) in [7, 11) is -4.22. The fraction of sp³-hybridized carbons (Fsp3) is 0.667. The van der Waals surface area contributed by atoms with Crippen molar-refractivity contribution in [1.29, 1.82) is 0 Å². The highest BCUT2D eigenvalue weighted by Crippen LogP contribution is 2.43. The van der Waals surface area contributed by atoms with Crippen LogP contribution in [0.1, 0.15) is 79.1 Å². The Bertz CT molecular complexity index is 742. The molecule has 0 saturated heterocycles. The normalized spacial score (nSPS) is 14.3. The van der Waals surface area contributed by atoms with E-state index in [0.717, 1.165) is 0 Å². The van der Waals surface area contributed by atoms with Crippen LogP contribution in [-0.4, -0.2) is 42.0 Å². The van der Waals surface area contributed by atoms with Crippen molar-refractivity contribution >= 4 is 31.7 Å². The number of esters is 4. The molecule has 0 aromatic heterocycles. The molecule has 0 radical (unpaired) electrons. The fourth-order valence-electron chi connectivity index (χ4n) is 2.88. The average molecular weight is 519 g/mol. The Morgan fingerprint density at radius 1 is 0.743 bits per heavy atom. The highest BCUT2D eigenvalue weighted by atomic mass is 31.2. The number of rotatable bonds is 18. The van der Waals surface area contributed by atoms with Gasteiger partial charge in [0.15, 0.2) is 0 Å². The molecule has 0 saturated carbocycles. The minimum Gasteiger partial charge on any atom is -0.389 e. The van der Waals surface area contributed by atoms with Gasteiger partial charge in [0.1, 0.15) is 0 Å². The van der Waals surface area contributed by atoms with Crippen LogP contribution >= 0.6 is 7.82 Å². The Labute approximate surface area is 207 Å². The molecular formula is C24H39O10P. The van der Waals surface area contributed by atoms with Gasteiger partial charge in [-0.25, -0.2) is 14.2 Å². The minimum atomic E-state index is -4.22. The van der Waals surface area contributed by atoms with Gasteiger partial charge in [-0.05, 0) is 52.4 Å². The van der Waals surface area contributed by atoms with E-state index in [4.69, 9.17) is 18.5 Å². The molecule has 0 spiro atoms. The lowest BCUT2D eigenvalue weighted by Gasteiger charge is -2.15. The van der Waals surface area contributed by atoms with Gasteiger partial charge < -0.3 is 14.4 Å². The molecule has 2 atom stereocenters. The molecule has 0 heterocycles. The SMILES string of the molecule is C=C(C)C(=O)OC(=O)C(CC)CCCCOP(=O)(O)OCCCCC(CC)C(=O)OC(=O)C(=C)C. The first-order valence-corrected chi connectivity index (χ1v) is 13.3. The second-order valence-corrected chi connectivity index (χ2v) is 9.77. The third-order valence-corrected chi connectivity index (χ3v) is 6.16. The number of ether oxygens (including phenoxy) is 2. The van der Waals surface area contributed by atoms with Crippen LogP contribution in [0.15, 0.2) is 24.3 Å². The number of hydrogen-bond donors (Lipinski definition) is 1. The zero-order valence-electron chi connectivity index (χ0n) is 21.2. The fourth-order valence-corrected chi connectivity index (χ4v) is 3.68. The Morgan fingerprint density at radius 2 is 1.09 bits per heavy atom. The van der Waals surface area contributed by atoms with Crippen LogP contribution in [0.3, 0.4) is 0 Å². The van der Waals surface area contributed by atoms with Crippen LogP contribution in [0, 0.1) is 11.8 Å². The maximum absolute atomic E-state index is 12.0. The van der Waals surface area contributed by atoms with Gasteiger partial charge >= 0.3 is 31.7 Å². The van der Waals surface area contributed by atoms with Crippen LogP contribution in [-0.2, 0) is 42.3 Å². The first kappa shape index (κ1) is 32.9. The summed E-state index contributed by atoms with van der Waals surface area (Å²) in [6.45, 7) is 13.3. The van der Waals surface area contributed by atoms with Gasteiger partial charge in [-0.3, -0.25) is 18.6 Å². The van der Waals surface area contributed by atoms with Gasteiger partial charge in [0, 0.05) is 11.1 Å². The molecule has 2 unspecified atom stereocenters. The summed E-state index contributed by atoms with van der Waals surface area (Å²) in [6.07, 6.45) is 3.74. The number of hydrogen-bond acceptors (Lipinski definition) is 9. The minimum absolute atomic E-state index is 0.0372. The van der Waals surface area contributed by atoms with E-state index in [1.807, 2.05) is 0 Å². The summed E-state index contributed by atoms with van der Waals surface area (Å²) in [4.78, 5) is 56.7.